The number of aryl methyl sites for hydroxylation is 1. The van der Waals surface area contributed by atoms with E-state index in [2.05, 4.69) is 37.7 Å². The third-order valence-corrected chi connectivity index (χ3v) is 4.73. The molecule has 0 fully saturated rings. The lowest BCUT2D eigenvalue weighted by molar-refractivity contribution is 0.375. The minimum atomic E-state index is 0. The van der Waals surface area contributed by atoms with E-state index in [1.807, 2.05) is 18.3 Å². The van der Waals surface area contributed by atoms with Gasteiger partial charge in [-0.25, -0.2) is 4.98 Å². The van der Waals surface area contributed by atoms with Crippen LogP contribution in [0.4, 0.5) is 0 Å². The first kappa shape index (κ1) is 21.6. The molecule has 0 bridgehead atoms. The summed E-state index contributed by atoms with van der Waals surface area (Å²) < 4.78 is 5.27. The van der Waals surface area contributed by atoms with Crippen molar-refractivity contribution < 1.29 is 4.52 Å². The lowest BCUT2D eigenvalue weighted by atomic mass is 10.2. The van der Waals surface area contributed by atoms with Crippen molar-refractivity contribution in [1.82, 2.24) is 25.8 Å². The van der Waals surface area contributed by atoms with Gasteiger partial charge in [0, 0.05) is 41.7 Å². The molecule has 0 atom stereocenters. The van der Waals surface area contributed by atoms with Crippen molar-refractivity contribution in [3.8, 4) is 11.4 Å². The fourth-order valence-corrected chi connectivity index (χ4v) is 3.14. The molecule has 7 nitrogen and oxygen atoms in total. The van der Waals surface area contributed by atoms with Crippen LogP contribution in [0.15, 0.2) is 40.0 Å². The normalized spacial score (nSPS) is 11.1. The topological polar surface area (TPSA) is 88.2 Å². The van der Waals surface area contributed by atoms with Crippen molar-refractivity contribution >= 4 is 52.9 Å². The summed E-state index contributed by atoms with van der Waals surface area (Å²) >= 11 is 7.59. The summed E-state index contributed by atoms with van der Waals surface area (Å²) in [6.07, 6.45) is 2.74. The van der Waals surface area contributed by atoms with E-state index in [9.17, 15) is 0 Å². The Balaban J connectivity index is 0.00000261. The minimum absolute atomic E-state index is 0. The van der Waals surface area contributed by atoms with Crippen LogP contribution in [0.2, 0.25) is 5.02 Å². The van der Waals surface area contributed by atoms with E-state index in [0.717, 1.165) is 23.5 Å². The number of hydrogen-bond acceptors (Lipinski definition) is 6. The van der Waals surface area contributed by atoms with Gasteiger partial charge in [0.1, 0.15) is 0 Å². The molecule has 0 radical (unpaired) electrons. The van der Waals surface area contributed by atoms with Crippen LogP contribution in [-0.2, 0) is 13.0 Å². The molecule has 144 valence electrons. The molecule has 0 amide bonds. The van der Waals surface area contributed by atoms with Gasteiger partial charge < -0.3 is 15.2 Å². The van der Waals surface area contributed by atoms with E-state index in [4.69, 9.17) is 16.1 Å². The van der Waals surface area contributed by atoms with E-state index in [1.165, 1.54) is 4.88 Å². The highest BCUT2D eigenvalue weighted by molar-refractivity contribution is 14.0. The van der Waals surface area contributed by atoms with Crippen LogP contribution >= 0.6 is 46.9 Å². The van der Waals surface area contributed by atoms with E-state index < -0.39 is 0 Å². The molecule has 0 unspecified atom stereocenters. The Morgan fingerprint density at radius 3 is 2.70 bits per heavy atom. The molecule has 0 saturated heterocycles. The van der Waals surface area contributed by atoms with Gasteiger partial charge in [-0.15, -0.1) is 35.3 Å². The molecule has 2 N–H and O–H groups in total. The van der Waals surface area contributed by atoms with Crippen molar-refractivity contribution in [2.24, 2.45) is 4.99 Å². The SMILES string of the molecule is CN=C(NCCc1ncc(C)s1)NCc1nc(-c2ccc(Cl)cc2)no1.I. The number of hydrogen-bond donors (Lipinski definition) is 2. The van der Waals surface area contributed by atoms with Crippen molar-refractivity contribution in [2.75, 3.05) is 13.6 Å². The number of nitrogens with zero attached hydrogens (tertiary/aromatic N) is 4. The predicted octanol–water partition coefficient (Wildman–Crippen LogP) is 3.68. The Bertz CT molecular complexity index is 880. The number of aliphatic imine (C=N–C) groups is 1. The standard InChI is InChI=1S/C17H19ClN6OS.HI/c1-11-9-21-15(26-11)7-8-20-17(19-2)22-10-14-23-16(24-25-14)12-3-5-13(18)6-4-12;/h3-6,9H,7-8,10H2,1-2H3,(H2,19,20,22);1H. The van der Waals surface area contributed by atoms with Crippen LogP contribution in [-0.4, -0.2) is 34.7 Å². The number of nitrogens with one attached hydrogen (secondary N) is 2. The summed E-state index contributed by atoms with van der Waals surface area (Å²) in [5.74, 6) is 1.68. The van der Waals surface area contributed by atoms with Gasteiger partial charge in [0.25, 0.3) is 0 Å². The Hall–Kier alpha value is -1.72. The molecule has 0 aliphatic heterocycles. The fourth-order valence-electron chi connectivity index (χ4n) is 2.23. The van der Waals surface area contributed by atoms with Crippen molar-refractivity contribution in [3.63, 3.8) is 0 Å². The lowest BCUT2D eigenvalue weighted by Crippen LogP contribution is -2.37. The second-order valence-electron chi connectivity index (χ2n) is 5.49. The number of aromatic nitrogens is 3. The number of benzene rings is 1. The van der Waals surface area contributed by atoms with Gasteiger partial charge in [0.2, 0.25) is 11.7 Å². The van der Waals surface area contributed by atoms with Crippen molar-refractivity contribution in [3.05, 3.63) is 51.3 Å². The molecular weight excluding hydrogens is 499 g/mol. The van der Waals surface area contributed by atoms with Gasteiger partial charge in [-0.3, -0.25) is 4.99 Å². The molecule has 3 aromatic rings. The van der Waals surface area contributed by atoms with E-state index in [-0.39, 0.29) is 24.0 Å². The maximum atomic E-state index is 5.89. The Labute approximate surface area is 183 Å². The summed E-state index contributed by atoms with van der Waals surface area (Å²) in [6, 6.07) is 7.29. The third-order valence-electron chi connectivity index (χ3n) is 3.50. The van der Waals surface area contributed by atoms with Gasteiger partial charge in [-0.1, -0.05) is 16.8 Å². The van der Waals surface area contributed by atoms with Gasteiger partial charge in [0.15, 0.2) is 5.96 Å². The molecule has 27 heavy (non-hydrogen) atoms. The second-order valence-corrected chi connectivity index (χ2v) is 7.24. The molecule has 2 aromatic heterocycles. The first-order valence-corrected chi connectivity index (χ1v) is 9.28. The second kappa shape index (κ2) is 10.6. The van der Waals surface area contributed by atoms with Crippen LogP contribution in [0.5, 0.6) is 0 Å². The predicted molar refractivity (Wildman–Crippen MR) is 119 cm³/mol. The van der Waals surface area contributed by atoms with Crippen molar-refractivity contribution in [2.45, 2.75) is 19.9 Å². The summed E-state index contributed by atoms with van der Waals surface area (Å²) in [5, 5.41) is 12.2. The van der Waals surface area contributed by atoms with Crippen LogP contribution in [0.3, 0.4) is 0 Å². The monoisotopic (exact) mass is 518 g/mol. The van der Waals surface area contributed by atoms with Crippen molar-refractivity contribution in [1.29, 1.82) is 0 Å². The summed E-state index contributed by atoms with van der Waals surface area (Å²) in [4.78, 5) is 14.1. The maximum absolute atomic E-state index is 5.89. The van der Waals surface area contributed by atoms with Crippen LogP contribution in [0, 0.1) is 6.92 Å². The highest BCUT2D eigenvalue weighted by Gasteiger charge is 2.09. The molecule has 0 aliphatic rings. The zero-order valence-corrected chi connectivity index (χ0v) is 18.8. The number of rotatable bonds is 6. The van der Waals surface area contributed by atoms with E-state index in [1.54, 1.807) is 30.5 Å². The average Bonchev–Trinajstić information content (AvgIpc) is 3.28. The van der Waals surface area contributed by atoms with Crippen LogP contribution < -0.4 is 10.6 Å². The third kappa shape index (κ3) is 6.43. The Kier molecular flexibility index (Phi) is 8.45. The Morgan fingerprint density at radius 2 is 2.04 bits per heavy atom. The van der Waals surface area contributed by atoms with E-state index in [0.29, 0.717) is 29.2 Å². The minimum Gasteiger partial charge on any atom is -0.356 e. The van der Waals surface area contributed by atoms with Gasteiger partial charge in [0.05, 0.1) is 11.6 Å². The number of guanidine groups is 1. The largest absolute Gasteiger partial charge is 0.356 e. The van der Waals surface area contributed by atoms with E-state index >= 15 is 0 Å². The molecule has 10 heteroatoms. The molecule has 2 heterocycles. The van der Waals surface area contributed by atoms with Gasteiger partial charge >= 0.3 is 0 Å². The molecular formula is C17H20ClIN6OS. The molecule has 1 aromatic carbocycles. The van der Waals surface area contributed by atoms with Crippen LogP contribution in [0.25, 0.3) is 11.4 Å². The molecule has 0 spiro atoms. The highest BCUT2D eigenvalue weighted by Crippen LogP contribution is 2.18. The molecule has 3 rings (SSSR count). The summed E-state index contributed by atoms with van der Waals surface area (Å²) in [5.41, 5.74) is 0.852. The summed E-state index contributed by atoms with van der Waals surface area (Å²) in [6.45, 7) is 3.18. The zero-order valence-electron chi connectivity index (χ0n) is 14.9. The summed E-state index contributed by atoms with van der Waals surface area (Å²) in [7, 11) is 1.72. The van der Waals surface area contributed by atoms with Gasteiger partial charge in [-0.2, -0.15) is 4.98 Å². The van der Waals surface area contributed by atoms with Crippen LogP contribution in [0.1, 0.15) is 15.8 Å². The molecule has 0 saturated carbocycles. The lowest BCUT2D eigenvalue weighted by Gasteiger charge is -2.09. The average molecular weight is 519 g/mol. The highest BCUT2D eigenvalue weighted by atomic mass is 127. The first-order chi connectivity index (χ1) is 12.6. The first-order valence-electron chi connectivity index (χ1n) is 8.08. The number of halogens is 2. The zero-order chi connectivity index (χ0) is 18.4. The Morgan fingerprint density at radius 1 is 1.26 bits per heavy atom. The smallest absolute Gasteiger partial charge is 0.246 e. The van der Waals surface area contributed by atoms with Gasteiger partial charge in [-0.05, 0) is 31.2 Å². The molecule has 0 aliphatic carbocycles. The fraction of sp³-hybridized carbons (Fsp3) is 0.294. The maximum Gasteiger partial charge on any atom is 0.246 e. The number of thiazole rings is 1. The quantitative estimate of drug-likeness (QED) is 0.294.